The van der Waals surface area contributed by atoms with Crippen LogP contribution in [0.1, 0.15) is 105 Å². The Bertz CT molecular complexity index is 198. The van der Waals surface area contributed by atoms with E-state index in [1.165, 1.54) is 82.8 Å². The van der Waals surface area contributed by atoms with E-state index in [-0.39, 0.29) is 0 Å². The maximum Gasteiger partial charge on any atom is 0.122 e. The summed E-state index contributed by atoms with van der Waals surface area (Å²) in [5, 5.41) is 0. The van der Waals surface area contributed by atoms with Crippen LogP contribution >= 0.6 is 0 Å². The Morgan fingerprint density at radius 2 is 1.05 bits per heavy atom. The molecule has 0 aromatic carbocycles. The van der Waals surface area contributed by atoms with Crippen LogP contribution in [0.3, 0.4) is 0 Å². The fourth-order valence-corrected chi connectivity index (χ4v) is 4.05. The smallest absolute Gasteiger partial charge is 0.0654 e. The first-order valence-electron chi connectivity index (χ1n) is 9.17. The zero-order valence-corrected chi connectivity index (χ0v) is 15.9. The average Bonchev–Trinajstić information content (AvgIpc) is 2.43. The lowest BCUT2D eigenvalue weighted by Gasteiger charge is -2.22. The third kappa shape index (κ3) is 11.1. The second-order valence-corrected chi connectivity index (χ2v) is 9.93. The Morgan fingerprint density at radius 3 is 1.45 bits per heavy atom. The average molecular weight is 302 g/mol. The molecule has 0 nitrogen and oxygen atoms in total. The van der Waals surface area contributed by atoms with E-state index in [1.807, 2.05) is 0 Å². The number of hydrogen-bond acceptors (Lipinski definition) is 0. The molecule has 0 aromatic rings. The van der Waals surface area contributed by atoms with Gasteiger partial charge in [0.05, 0.1) is 6.26 Å². The van der Waals surface area contributed by atoms with Crippen LogP contribution in [0.2, 0.25) is 0 Å². The molecule has 20 heavy (non-hydrogen) atoms. The van der Waals surface area contributed by atoms with Gasteiger partial charge in [0.2, 0.25) is 0 Å². The van der Waals surface area contributed by atoms with Crippen LogP contribution in [0.5, 0.6) is 0 Å². The Morgan fingerprint density at radius 1 is 0.650 bits per heavy atom. The van der Waals surface area contributed by atoms with Gasteiger partial charge >= 0.3 is 0 Å². The van der Waals surface area contributed by atoms with Crippen molar-refractivity contribution in [1.29, 1.82) is 0 Å². The Labute approximate surface area is 132 Å². The van der Waals surface area contributed by atoms with Crippen molar-refractivity contribution in [2.75, 3.05) is 12.0 Å². The van der Waals surface area contributed by atoms with Gasteiger partial charge in [0.25, 0.3) is 0 Å². The van der Waals surface area contributed by atoms with Crippen molar-refractivity contribution in [2.45, 2.75) is 109 Å². The Balaban J connectivity index is 3.28. The minimum Gasteiger partial charge on any atom is -0.0654 e. The van der Waals surface area contributed by atoms with Crippen LogP contribution in [0.4, 0.5) is 0 Å². The molecule has 0 aliphatic rings. The van der Waals surface area contributed by atoms with Crippen molar-refractivity contribution in [3.8, 4) is 0 Å². The number of rotatable bonds is 14. The van der Waals surface area contributed by atoms with Gasteiger partial charge in [0.1, 0.15) is 10.5 Å². The quantitative estimate of drug-likeness (QED) is 0.246. The minimum absolute atomic E-state index is 0.577. The van der Waals surface area contributed by atoms with Crippen molar-refractivity contribution >= 4 is 10.9 Å². The summed E-state index contributed by atoms with van der Waals surface area (Å²) in [6.07, 6.45) is 19.9. The molecule has 122 valence electrons. The fraction of sp³-hybridized carbons (Fsp3) is 1.00. The third-order valence-corrected chi connectivity index (χ3v) is 7.72. The van der Waals surface area contributed by atoms with E-state index < -0.39 is 0 Å². The molecule has 1 atom stereocenters. The molecule has 0 N–H and O–H groups in total. The largest absolute Gasteiger partial charge is 0.122 e. The van der Waals surface area contributed by atoms with Gasteiger partial charge in [-0.25, -0.2) is 0 Å². The van der Waals surface area contributed by atoms with Gasteiger partial charge in [0, 0.05) is 0 Å². The SMILES string of the molecule is CCCCCCCCCCCCCC(C)(C)[S+](C)CC. The highest BCUT2D eigenvalue weighted by molar-refractivity contribution is 7.97. The minimum atomic E-state index is 0.577. The van der Waals surface area contributed by atoms with Crippen LogP contribution in [0.25, 0.3) is 0 Å². The molecule has 1 unspecified atom stereocenters. The van der Waals surface area contributed by atoms with E-state index >= 15 is 0 Å². The molecule has 0 spiro atoms. The van der Waals surface area contributed by atoms with Gasteiger partial charge in [-0.15, -0.1) is 0 Å². The molecular weight excluding hydrogens is 260 g/mol. The first-order valence-corrected chi connectivity index (χ1v) is 11.0. The molecule has 1 heteroatoms. The predicted molar refractivity (Wildman–Crippen MR) is 99.0 cm³/mol. The van der Waals surface area contributed by atoms with Gasteiger partial charge in [0.15, 0.2) is 0 Å². The highest BCUT2D eigenvalue weighted by Gasteiger charge is 2.32. The number of hydrogen-bond donors (Lipinski definition) is 0. The van der Waals surface area contributed by atoms with E-state index in [9.17, 15) is 0 Å². The first kappa shape index (κ1) is 20.3. The molecule has 0 saturated carbocycles. The van der Waals surface area contributed by atoms with E-state index in [4.69, 9.17) is 0 Å². The van der Waals surface area contributed by atoms with Crippen molar-refractivity contribution in [1.82, 2.24) is 0 Å². The van der Waals surface area contributed by atoms with Crippen LogP contribution in [0, 0.1) is 0 Å². The molecule has 0 rings (SSSR count). The number of unbranched alkanes of at least 4 members (excludes halogenated alkanes) is 10. The molecule has 0 radical (unpaired) electrons. The third-order valence-electron chi connectivity index (χ3n) is 4.76. The molecule has 0 aliphatic heterocycles. The molecule has 0 amide bonds. The van der Waals surface area contributed by atoms with Crippen LogP contribution in [-0.2, 0) is 10.9 Å². The second-order valence-electron chi connectivity index (χ2n) is 6.97. The summed E-state index contributed by atoms with van der Waals surface area (Å²) >= 11 is 0. The lowest BCUT2D eigenvalue weighted by atomic mass is 10.0. The summed E-state index contributed by atoms with van der Waals surface area (Å²) < 4.78 is 0.577. The summed E-state index contributed by atoms with van der Waals surface area (Å²) in [7, 11) is 0.598. The summed E-state index contributed by atoms with van der Waals surface area (Å²) in [6, 6.07) is 0. The monoisotopic (exact) mass is 301 g/mol. The summed E-state index contributed by atoms with van der Waals surface area (Å²) in [4.78, 5) is 0. The molecule has 0 aromatic heterocycles. The van der Waals surface area contributed by atoms with Crippen molar-refractivity contribution < 1.29 is 0 Å². The topological polar surface area (TPSA) is 0 Å². The maximum atomic E-state index is 2.47. The van der Waals surface area contributed by atoms with Gasteiger partial charge in [-0.2, -0.15) is 0 Å². The molecule has 0 bridgehead atoms. The van der Waals surface area contributed by atoms with E-state index in [2.05, 4.69) is 34.0 Å². The van der Waals surface area contributed by atoms with Crippen LogP contribution < -0.4 is 0 Å². The van der Waals surface area contributed by atoms with Gasteiger partial charge in [-0.05, 0) is 44.5 Å². The van der Waals surface area contributed by atoms with Crippen molar-refractivity contribution in [3.63, 3.8) is 0 Å². The molecule has 0 saturated heterocycles. The van der Waals surface area contributed by atoms with Gasteiger partial charge in [-0.1, -0.05) is 71.1 Å². The van der Waals surface area contributed by atoms with Crippen molar-refractivity contribution in [2.24, 2.45) is 0 Å². The van der Waals surface area contributed by atoms with E-state index in [0.29, 0.717) is 15.6 Å². The first-order chi connectivity index (χ1) is 9.54. The standard InChI is InChI=1S/C19H41S/c1-6-8-9-10-11-12-13-14-15-16-17-18-19(3,4)20(5)7-2/h6-18H2,1-5H3/q+1. The summed E-state index contributed by atoms with van der Waals surface area (Å²) in [6.45, 7) is 9.57. The van der Waals surface area contributed by atoms with Gasteiger partial charge < -0.3 is 0 Å². The highest BCUT2D eigenvalue weighted by atomic mass is 32.2. The van der Waals surface area contributed by atoms with Crippen molar-refractivity contribution in [3.05, 3.63) is 0 Å². The maximum absolute atomic E-state index is 2.47. The lowest BCUT2D eigenvalue weighted by Crippen LogP contribution is -2.32. The molecular formula is C19H41S+. The van der Waals surface area contributed by atoms with Gasteiger partial charge in [-0.3, -0.25) is 0 Å². The molecule has 0 aliphatic carbocycles. The predicted octanol–water partition coefficient (Wildman–Crippen LogP) is 6.73. The highest BCUT2D eigenvalue weighted by Crippen LogP contribution is 2.25. The second kappa shape index (κ2) is 13.0. The zero-order chi connectivity index (χ0) is 15.3. The normalized spacial score (nSPS) is 13.7. The molecule has 0 heterocycles. The summed E-state index contributed by atoms with van der Waals surface area (Å²) in [5.41, 5.74) is 0. The molecule has 0 fully saturated rings. The fourth-order valence-electron chi connectivity index (χ4n) is 2.78. The van der Waals surface area contributed by atoms with E-state index in [0.717, 1.165) is 0 Å². The Hall–Kier alpha value is 0.350. The Kier molecular flexibility index (Phi) is 13.3. The zero-order valence-electron chi connectivity index (χ0n) is 15.1. The summed E-state index contributed by atoms with van der Waals surface area (Å²) in [5.74, 6) is 1.35. The van der Waals surface area contributed by atoms with Crippen LogP contribution in [0.15, 0.2) is 0 Å². The van der Waals surface area contributed by atoms with Crippen LogP contribution in [-0.4, -0.2) is 16.8 Å². The lowest BCUT2D eigenvalue weighted by molar-refractivity contribution is 0.522. The van der Waals surface area contributed by atoms with E-state index in [1.54, 1.807) is 0 Å².